The van der Waals surface area contributed by atoms with E-state index in [4.69, 9.17) is 5.73 Å². The van der Waals surface area contributed by atoms with Gasteiger partial charge in [0.25, 0.3) is 0 Å². The van der Waals surface area contributed by atoms with E-state index in [9.17, 15) is 0 Å². The van der Waals surface area contributed by atoms with Crippen LogP contribution in [-0.4, -0.2) is 59.4 Å². The Balaban J connectivity index is 2.07. The Morgan fingerprint density at radius 1 is 1.56 bits per heavy atom. The smallest absolute Gasteiger partial charge is 0.0538 e. The fraction of sp³-hybridized carbons (Fsp3) is 0.769. The Morgan fingerprint density at radius 3 is 2.89 bits per heavy atom. The molecule has 1 aliphatic rings. The lowest BCUT2D eigenvalue weighted by molar-refractivity contribution is 0.101. The van der Waals surface area contributed by atoms with E-state index < -0.39 is 0 Å². The Morgan fingerprint density at radius 2 is 2.33 bits per heavy atom. The summed E-state index contributed by atoms with van der Waals surface area (Å²) in [6.07, 6.45) is 6.54. The highest BCUT2D eigenvalue weighted by atomic mass is 15.3. The van der Waals surface area contributed by atoms with Crippen molar-refractivity contribution in [3.63, 3.8) is 0 Å². The molecule has 2 rings (SSSR count). The Bertz CT molecular complexity index is 375. The van der Waals surface area contributed by atoms with E-state index in [1.165, 1.54) is 24.9 Å². The zero-order valence-corrected chi connectivity index (χ0v) is 11.7. The van der Waals surface area contributed by atoms with Crippen LogP contribution in [0.1, 0.15) is 24.4 Å². The summed E-state index contributed by atoms with van der Waals surface area (Å²) in [7, 11) is 6.33. The SMILES string of the molecule is CN1CCCC(N(C)C(CN)c2cnn(C)c2)C1. The van der Waals surface area contributed by atoms with Crippen LogP contribution in [0.15, 0.2) is 12.4 Å². The quantitative estimate of drug-likeness (QED) is 0.844. The first-order chi connectivity index (χ1) is 8.61. The molecule has 0 aromatic carbocycles. The third kappa shape index (κ3) is 2.91. The fourth-order valence-electron chi connectivity index (χ4n) is 2.88. The van der Waals surface area contributed by atoms with Gasteiger partial charge in [-0.05, 0) is 33.5 Å². The number of aryl methyl sites for hydroxylation is 1. The monoisotopic (exact) mass is 251 g/mol. The lowest BCUT2D eigenvalue weighted by atomic mass is 10.0. The van der Waals surface area contributed by atoms with Crippen LogP contribution in [0.3, 0.4) is 0 Å². The molecule has 18 heavy (non-hydrogen) atoms. The zero-order valence-electron chi connectivity index (χ0n) is 11.7. The Kier molecular flexibility index (Phi) is 4.37. The number of nitrogens with zero attached hydrogens (tertiary/aromatic N) is 4. The van der Waals surface area contributed by atoms with Crippen LogP contribution in [0.2, 0.25) is 0 Å². The fourth-order valence-corrected chi connectivity index (χ4v) is 2.88. The van der Waals surface area contributed by atoms with Crippen molar-refractivity contribution in [2.24, 2.45) is 12.8 Å². The summed E-state index contributed by atoms with van der Waals surface area (Å²) >= 11 is 0. The van der Waals surface area contributed by atoms with Gasteiger partial charge in [0.1, 0.15) is 0 Å². The molecule has 2 N–H and O–H groups in total. The summed E-state index contributed by atoms with van der Waals surface area (Å²) in [5, 5.41) is 4.25. The van der Waals surface area contributed by atoms with Gasteiger partial charge in [0, 0.05) is 37.9 Å². The second kappa shape index (κ2) is 5.82. The number of likely N-dealkylation sites (tertiary alicyclic amines) is 1. The highest BCUT2D eigenvalue weighted by Gasteiger charge is 2.27. The molecule has 1 aliphatic heterocycles. The van der Waals surface area contributed by atoms with Gasteiger partial charge in [-0.3, -0.25) is 9.58 Å². The number of likely N-dealkylation sites (N-methyl/N-ethyl adjacent to an activating group) is 2. The first-order valence-corrected chi connectivity index (χ1v) is 6.71. The molecule has 2 unspecified atom stereocenters. The predicted molar refractivity (Wildman–Crippen MR) is 73.3 cm³/mol. The number of hydrogen-bond donors (Lipinski definition) is 1. The van der Waals surface area contributed by atoms with E-state index >= 15 is 0 Å². The zero-order chi connectivity index (χ0) is 13.1. The topological polar surface area (TPSA) is 50.3 Å². The maximum Gasteiger partial charge on any atom is 0.0538 e. The van der Waals surface area contributed by atoms with Crippen molar-refractivity contribution < 1.29 is 0 Å². The third-order valence-corrected chi connectivity index (χ3v) is 4.00. The highest BCUT2D eigenvalue weighted by molar-refractivity contribution is 5.11. The molecule has 1 aromatic rings. The summed E-state index contributed by atoms with van der Waals surface area (Å²) in [5.74, 6) is 0. The minimum absolute atomic E-state index is 0.273. The average molecular weight is 251 g/mol. The summed E-state index contributed by atoms with van der Waals surface area (Å²) < 4.78 is 1.85. The third-order valence-electron chi connectivity index (χ3n) is 4.00. The minimum Gasteiger partial charge on any atom is -0.329 e. The molecule has 0 radical (unpaired) electrons. The second-order valence-electron chi connectivity index (χ2n) is 5.42. The van der Waals surface area contributed by atoms with Crippen LogP contribution in [0, 0.1) is 0 Å². The molecule has 1 aromatic heterocycles. The van der Waals surface area contributed by atoms with Crippen molar-refractivity contribution in [3.8, 4) is 0 Å². The molecule has 2 atom stereocenters. The molecular formula is C13H25N5. The average Bonchev–Trinajstić information content (AvgIpc) is 2.76. The molecule has 0 bridgehead atoms. The van der Waals surface area contributed by atoms with Gasteiger partial charge in [0.15, 0.2) is 0 Å². The van der Waals surface area contributed by atoms with E-state index in [0.717, 1.165) is 6.54 Å². The van der Waals surface area contributed by atoms with Crippen molar-refractivity contribution in [3.05, 3.63) is 18.0 Å². The first kappa shape index (κ1) is 13.5. The maximum absolute atomic E-state index is 5.96. The lowest BCUT2D eigenvalue weighted by Gasteiger charge is -2.39. The van der Waals surface area contributed by atoms with Crippen molar-refractivity contribution in [1.82, 2.24) is 19.6 Å². The van der Waals surface area contributed by atoms with Crippen LogP contribution in [0.4, 0.5) is 0 Å². The molecule has 0 saturated carbocycles. The summed E-state index contributed by atoms with van der Waals surface area (Å²) in [5.41, 5.74) is 7.18. The Hall–Kier alpha value is -0.910. The number of hydrogen-bond acceptors (Lipinski definition) is 4. The number of nitrogens with two attached hydrogens (primary N) is 1. The van der Waals surface area contributed by atoms with Crippen LogP contribution < -0.4 is 5.73 Å². The normalized spacial score (nSPS) is 23.5. The van der Waals surface area contributed by atoms with E-state index in [1.807, 2.05) is 17.9 Å². The van der Waals surface area contributed by atoms with Gasteiger partial charge >= 0.3 is 0 Å². The van der Waals surface area contributed by atoms with Gasteiger partial charge in [-0.15, -0.1) is 0 Å². The van der Waals surface area contributed by atoms with Gasteiger partial charge < -0.3 is 10.6 Å². The number of rotatable bonds is 4. The number of aromatic nitrogens is 2. The molecule has 102 valence electrons. The van der Waals surface area contributed by atoms with E-state index in [2.05, 4.69) is 35.2 Å². The van der Waals surface area contributed by atoms with Crippen molar-refractivity contribution in [1.29, 1.82) is 0 Å². The summed E-state index contributed by atoms with van der Waals surface area (Å²) in [4.78, 5) is 4.83. The second-order valence-corrected chi connectivity index (χ2v) is 5.42. The van der Waals surface area contributed by atoms with E-state index in [-0.39, 0.29) is 6.04 Å². The molecule has 0 spiro atoms. The molecule has 2 heterocycles. The molecule has 1 saturated heterocycles. The van der Waals surface area contributed by atoms with E-state index in [0.29, 0.717) is 12.6 Å². The summed E-state index contributed by atoms with van der Waals surface area (Å²) in [6.45, 7) is 2.99. The van der Waals surface area contributed by atoms with Crippen LogP contribution >= 0.6 is 0 Å². The van der Waals surface area contributed by atoms with Gasteiger partial charge in [-0.25, -0.2) is 0 Å². The highest BCUT2D eigenvalue weighted by Crippen LogP contribution is 2.24. The predicted octanol–water partition coefficient (Wildman–Crippen LogP) is 0.446. The lowest BCUT2D eigenvalue weighted by Crippen LogP contribution is -2.47. The molecule has 0 aliphatic carbocycles. The van der Waals surface area contributed by atoms with Crippen molar-refractivity contribution >= 4 is 0 Å². The first-order valence-electron chi connectivity index (χ1n) is 6.71. The van der Waals surface area contributed by atoms with Gasteiger partial charge in [0.05, 0.1) is 12.2 Å². The Labute approximate surface area is 110 Å². The number of piperidine rings is 1. The molecule has 5 heteroatoms. The molecule has 5 nitrogen and oxygen atoms in total. The molecule has 1 fully saturated rings. The van der Waals surface area contributed by atoms with Crippen molar-refractivity contribution in [2.75, 3.05) is 33.7 Å². The van der Waals surface area contributed by atoms with Gasteiger partial charge in [0.2, 0.25) is 0 Å². The van der Waals surface area contributed by atoms with Crippen LogP contribution in [0.25, 0.3) is 0 Å². The summed E-state index contributed by atoms with van der Waals surface area (Å²) in [6, 6.07) is 0.868. The standard InChI is InChI=1S/C13H25N5/c1-16-6-4-5-12(10-16)18(3)13(7-14)11-8-15-17(2)9-11/h8-9,12-13H,4-7,10,14H2,1-3H3. The molecular weight excluding hydrogens is 226 g/mol. The maximum atomic E-state index is 5.96. The van der Waals surface area contributed by atoms with E-state index in [1.54, 1.807) is 0 Å². The van der Waals surface area contributed by atoms with Crippen LogP contribution in [0.5, 0.6) is 0 Å². The molecule has 0 amide bonds. The largest absolute Gasteiger partial charge is 0.329 e. The van der Waals surface area contributed by atoms with Gasteiger partial charge in [-0.2, -0.15) is 5.10 Å². The van der Waals surface area contributed by atoms with Crippen LogP contribution in [-0.2, 0) is 7.05 Å². The van der Waals surface area contributed by atoms with Gasteiger partial charge in [-0.1, -0.05) is 0 Å². The minimum atomic E-state index is 0.273. The van der Waals surface area contributed by atoms with Crippen molar-refractivity contribution in [2.45, 2.75) is 24.9 Å².